The quantitative estimate of drug-likeness (QED) is 0.494. The molecule has 124 valence electrons. The predicted molar refractivity (Wildman–Crippen MR) is 88.4 cm³/mol. The van der Waals surface area contributed by atoms with Crippen LogP contribution in [0.3, 0.4) is 0 Å². The molecule has 6 heteroatoms. The Morgan fingerprint density at radius 2 is 2.05 bits per heavy atom. The molecule has 1 rings (SSSR count). The molecule has 5 nitrogen and oxygen atoms in total. The Morgan fingerprint density at radius 3 is 2.62 bits per heavy atom. The van der Waals surface area contributed by atoms with Crippen molar-refractivity contribution in [3.63, 3.8) is 0 Å². The van der Waals surface area contributed by atoms with Crippen LogP contribution in [-0.4, -0.2) is 56.8 Å². The monoisotopic (exact) mass is 317 g/mol. The van der Waals surface area contributed by atoms with Gasteiger partial charge in [0.25, 0.3) is 10.2 Å². The van der Waals surface area contributed by atoms with Crippen molar-refractivity contribution in [1.29, 1.82) is 0 Å². The van der Waals surface area contributed by atoms with Gasteiger partial charge in [0.15, 0.2) is 0 Å². The van der Waals surface area contributed by atoms with Crippen LogP contribution < -0.4 is 5.32 Å². The lowest BCUT2D eigenvalue weighted by atomic mass is 9.98. The molecule has 0 spiro atoms. The topological polar surface area (TPSA) is 52.7 Å². The van der Waals surface area contributed by atoms with Crippen molar-refractivity contribution >= 4 is 10.2 Å². The van der Waals surface area contributed by atoms with Gasteiger partial charge in [0.2, 0.25) is 0 Å². The van der Waals surface area contributed by atoms with Gasteiger partial charge in [-0.25, -0.2) is 0 Å². The Labute approximate surface area is 130 Å². The van der Waals surface area contributed by atoms with Crippen LogP contribution in [0.5, 0.6) is 0 Å². The number of nitrogens with one attached hydrogen (secondary N) is 1. The first-order valence-corrected chi connectivity index (χ1v) is 9.45. The highest BCUT2D eigenvalue weighted by atomic mass is 32.2. The van der Waals surface area contributed by atoms with E-state index in [4.69, 9.17) is 0 Å². The molecule has 0 aliphatic carbocycles. The van der Waals surface area contributed by atoms with Crippen molar-refractivity contribution in [2.75, 3.05) is 39.8 Å². The standard InChI is InChI=1S/C15H31N3O2S/c1-4-6-7-11-17(3)21(19,20)18-12-8-15(9-13-18)14-16-10-5-2/h4,15-16H,1,5-14H2,2-3H3. The third-order valence-electron chi connectivity index (χ3n) is 4.03. The van der Waals surface area contributed by atoms with E-state index in [1.165, 1.54) is 4.31 Å². The van der Waals surface area contributed by atoms with Gasteiger partial charge >= 0.3 is 0 Å². The summed E-state index contributed by atoms with van der Waals surface area (Å²) < 4.78 is 28.0. The number of allylic oxidation sites excluding steroid dienone is 1. The van der Waals surface area contributed by atoms with Gasteiger partial charge in [-0.15, -0.1) is 6.58 Å². The molecule has 0 unspecified atom stereocenters. The summed E-state index contributed by atoms with van der Waals surface area (Å²) in [6, 6.07) is 0. The van der Waals surface area contributed by atoms with Gasteiger partial charge in [0, 0.05) is 26.7 Å². The molecule has 0 bridgehead atoms. The third-order valence-corrected chi connectivity index (χ3v) is 6.02. The van der Waals surface area contributed by atoms with E-state index in [2.05, 4.69) is 18.8 Å². The lowest BCUT2D eigenvalue weighted by molar-refractivity contribution is 0.254. The fourth-order valence-corrected chi connectivity index (χ4v) is 4.02. The molecule has 1 N–H and O–H groups in total. The fourth-order valence-electron chi connectivity index (χ4n) is 2.60. The summed E-state index contributed by atoms with van der Waals surface area (Å²) in [5.41, 5.74) is 0. The van der Waals surface area contributed by atoms with Crippen molar-refractivity contribution in [3.05, 3.63) is 12.7 Å². The van der Waals surface area contributed by atoms with Crippen molar-refractivity contribution in [1.82, 2.24) is 13.9 Å². The van der Waals surface area contributed by atoms with E-state index in [0.29, 0.717) is 25.6 Å². The van der Waals surface area contributed by atoms with E-state index in [9.17, 15) is 8.42 Å². The highest BCUT2D eigenvalue weighted by molar-refractivity contribution is 7.86. The summed E-state index contributed by atoms with van der Waals surface area (Å²) in [5.74, 6) is 0.606. The van der Waals surface area contributed by atoms with E-state index in [-0.39, 0.29) is 0 Å². The van der Waals surface area contributed by atoms with E-state index in [1.54, 1.807) is 11.4 Å². The summed E-state index contributed by atoms with van der Waals surface area (Å²) >= 11 is 0. The number of hydrogen-bond donors (Lipinski definition) is 1. The molecule has 0 aromatic heterocycles. The number of rotatable bonds is 10. The fraction of sp³-hybridized carbons (Fsp3) is 0.867. The normalized spacial score (nSPS) is 18.2. The first kappa shape index (κ1) is 18.6. The minimum Gasteiger partial charge on any atom is -0.316 e. The van der Waals surface area contributed by atoms with Crippen molar-refractivity contribution < 1.29 is 8.42 Å². The Hall–Kier alpha value is -0.430. The first-order valence-electron chi connectivity index (χ1n) is 8.05. The molecule has 21 heavy (non-hydrogen) atoms. The predicted octanol–water partition coefficient (Wildman–Crippen LogP) is 1.84. The molecule has 0 atom stereocenters. The zero-order valence-corrected chi connectivity index (χ0v) is 14.4. The minimum atomic E-state index is -3.28. The zero-order valence-electron chi connectivity index (χ0n) is 13.6. The van der Waals surface area contributed by atoms with Crippen LogP contribution in [0.15, 0.2) is 12.7 Å². The second-order valence-corrected chi connectivity index (χ2v) is 7.84. The Bertz CT molecular complexity index is 390. The van der Waals surface area contributed by atoms with Crippen LogP contribution in [0, 0.1) is 5.92 Å². The average molecular weight is 317 g/mol. The summed E-state index contributed by atoms with van der Waals surface area (Å²) in [6.45, 7) is 9.73. The maximum atomic E-state index is 12.5. The summed E-state index contributed by atoms with van der Waals surface area (Å²) in [5, 5.41) is 3.43. The van der Waals surface area contributed by atoms with Crippen molar-refractivity contribution in [3.8, 4) is 0 Å². The SMILES string of the molecule is C=CCCCN(C)S(=O)(=O)N1CCC(CNCCC)CC1. The molecule has 1 saturated heterocycles. The Kier molecular flexibility index (Phi) is 8.48. The Morgan fingerprint density at radius 1 is 1.38 bits per heavy atom. The van der Waals surface area contributed by atoms with Gasteiger partial charge in [0.1, 0.15) is 0 Å². The molecule has 1 heterocycles. The van der Waals surface area contributed by atoms with Gasteiger partial charge in [-0.2, -0.15) is 17.0 Å². The lowest BCUT2D eigenvalue weighted by Crippen LogP contribution is -2.47. The summed E-state index contributed by atoms with van der Waals surface area (Å²) in [4.78, 5) is 0. The van der Waals surface area contributed by atoms with Crippen LogP contribution >= 0.6 is 0 Å². The molecule has 0 saturated carbocycles. The van der Waals surface area contributed by atoms with Crippen LogP contribution in [0.4, 0.5) is 0 Å². The molecular weight excluding hydrogens is 286 g/mol. The minimum absolute atomic E-state index is 0.562. The zero-order chi connectivity index (χ0) is 15.7. The van der Waals surface area contributed by atoms with E-state index < -0.39 is 10.2 Å². The number of nitrogens with zero attached hydrogens (tertiary/aromatic N) is 2. The summed E-state index contributed by atoms with van der Waals surface area (Å²) in [6.07, 6.45) is 6.56. The number of unbranched alkanes of at least 4 members (excludes halogenated alkanes) is 1. The van der Waals surface area contributed by atoms with Crippen LogP contribution in [-0.2, 0) is 10.2 Å². The second-order valence-electron chi connectivity index (χ2n) is 5.81. The van der Waals surface area contributed by atoms with Gasteiger partial charge in [-0.3, -0.25) is 0 Å². The average Bonchev–Trinajstić information content (AvgIpc) is 2.48. The van der Waals surface area contributed by atoms with Gasteiger partial charge in [-0.1, -0.05) is 13.0 Å². The van der Waals surface area contributed by atoms with Crippen molar-refractivity contribution in [2.45, 2.75) is 39.0 Å². The first-order chi connectivity index (χ1) is 10.0. The molecule has 0 amide bonds. The van der Waals surface area contributed by atoms with E-state index in [0.717, 1.165) is 45.2 Å². The van der Waals surface area contributed by atoms with Gasteiger partial charge < -0.3 is 5.32 Å². The molecular formula is C15H31N3O2S. The smallest absolute Gasteiger partial charge is 0.281 e. The highest BCUT2D eigenvalue weighted by Crippen LogP contribution is 2.20. The molecule has 0 aromatic carbocycles. The largest absolute Gasteiger partial charge is 0.316 e. The number of hydrogen-bond acceptors (Lipinski definition) is 3. The van der Waals surface area contributed by atoms with E-state index >= 15 is 0 Å². The van der Waals surface area contributed by atoms with Gasteiger partial charge in [-0.05, 0) is 51.1 Å². The maximum Gasteiger partial charge on any atom is 0.281 e. The Balaban J connectivity index is 2.39. The van der Waals surface area contributed by atoms with Gasteiger partial charge in [0.05, 0.1) is 0 Å². The lowest BCUT2D eigenvalue weighted by Gasteiger charge is -2.33. The highest BCUT2D eigenvalue weighted by Gasteiger charge is 2.30. The molecule has 0 radical (unpaired) electrons. The molecule has 1 aliphatic heterocycles. The van der Waals surface area contributed by atoms with E-state index in [1.807, 2.05) is 6.08 Å². The number of piperidine rings is 1. The second kappa shape index (κ2) is 9.56. The molecule has 1 fully saturated rings. The van der Waals surface area contributed by atoms with Crippen molar-refractivity contribution in [2.24, 2.45) is 5.92 Å². The van der Waals surface area contributed by atoms with Crippen LogP contribution in [0.25, 0.3) is 0 Å². The van der Waals surface area contributed by atoms with Crippen LogP contribution in [0.2, 0.25) is 0 Å². The van der Waals surface area contributed by atoms with Crippen LogP contribution in [0.1, 0.15) is 39.0 Å². The molecule has 0 aromatic rings. The third kappa shape index (κ3) is 6.06. The maximum absolute atomic E-state index is 12.5. The summed E-state index contributed by atoms with van der Waals surface area (Å²) in [7, 11) is -1.61. The molecule has 1 aliphatic rings.